The third kappa shape index (κ3) is 1.26. The van der Waals surface area contributed by atoms with E-state index in [1.807, 2.05) is 47.2 Å². The summed E-state index contributed by atoms with van der Waals surface area (Å²) in [5, 5.41) is 7.58. The largest absolute Gasteiger partial charge is 0.289 e. The van der Waals surface area contributed by atoms with E-state index in [0.717, 1.165) is 21.5 Å². The first-order valence-corrected chi connectivity index (χ1v) is 5.68. The average Bonchev–Trinajstić information content (AvgIpc) is 2.69. The summed E-state index contributed by atoms with van der Waals surface area (Å²) in [5.41, 5.74) is 0.131. The lowest BCUT2D eigenvalue weighted by Gasteiger charge is -1.87. The molecular formula is C13H8OS. The first-order valence-electron chi connectivity index (χ1n) is 4.74. The van der Waals surface area contributed by atoms with Gasteiger partial charge in [-0.25, -0.2) is 0 Å². The zero-order valence-electron chi connectivity index (χ0n) is 7.94. The van der Waals surface area contributed by atoms with Crippen molar-refractivity contribution in [2.24, 2.45) is 0 Å². The fourth-order valence-electron chi connectivity index (χ4n) is 1.79. The van der Waals surface area contributed by atoms with Gasteiger partial charge in [-0.05, 0) is 16.2 Å². The van der Waals surface area contributed by atoms with Crippen LogP contribution < -0.4 is 5.43 Å². The quantitative estimate of drug-likeness (QED) is 0.558. The Kier molecular flexibility index (Phi) is 1.82. The summed E-state index contributed by atoms with van der Waals surface area (Å²) in [5.74, 6) is 0. The Morgan fingerprint density at radius 3 is 2.53 bits per heavy atom. The topological polar surface area (TPSA) is 17.1 Å². The van der Waals surface area contributed by atoms with Crippen LogP contribution in [0.4, 0.5) is 0 Å². The fraction of sp³-hybridized carbons (Fsp3) is 0. The van der Waals surface area contributed by atoms with Crippen LogP contribution in [-0.2, 0) is 0 Å². The molecule has 0 spiro atoms. The third-order valence-electron chi connectivity index (χ3n) is 2.58. The summed E-state index contributed by atoms with van der Waals surface area (Å²) >= 11 is 1.57. The maximum Gasteiger partial charge on any atom is 0.195 e. The van der Waals surface area contributed by atoms with E-state index >= 15 is 0 Å². The molecule has 0 atom stereocenters. The molecule has 0 amide bonds. The molecule has 0 saturated heterocycles. The lowest BCUT2D eigenvalue weighted by molar-refractivity contribution is 1.77. The predicted octanol–water partition coefficient (Wildman–Crippen LogP) is 3.41. The molecule has 72 valence electrons. The molecule has 2 aromatic carbocycles. The van der Waals surface area contributed by atoms with Gasteiger partial charge in [0.15, 0.2) is 5.43 Å². The van der Waals surface area contributed by atoms with Crippen molar-refractivity contribution in [3.63, 3.8) is 0 Å². The van der Waals surface area contributed by atoms with Gasteiger partial charge in [-0.15, -0.1) is 0 Å². The van der Waals surface area contributed by atoms with Crippen LogP contribution in [0.15, 0.2) is 52.0 Å². The van der Waals surface area contributed by atoms with Crippen LogP contribution in [0, 0.1) is 0 Å². The molecule has 0 aliphatic rings. The first kappa shape index (κ1) is 8.62. The fourth-order valence-corrected chi connectivity index (χ4v) is 2.59. The van der Waals surface area contributed by atoms with E-state index in [-0.39, 0.29) is 5.43 Å². The molecule has 0 saturated carbocycles. The predicted molar refractivity (Wildman–Crippen MR) is 65.6 cm³/mol. The van der Waals surface area contributed by atoms with Crippen LogP contribution >= 0.6 is 11.3 Å². The lowest BCUT2D eigenvalue weighted by atomic mass is 10.2. The number of benzene rings is 1. The molecular weight excluding hydrogens is 204 g/mol. The van der Waals surface area contributed by atoms with Crippen molar-refractivity contribution >= 4 is 32.9 Å². The maximum absolute atomic E-state index is 12.2. The SMILES string of the molecule is O=c1c2ccccc2ccc2cscc12. The minimum absolute atomic E-state index is 0.131. The summed E-state index contributed by atoms with van der Waals surface area (Å²) in [6.45, 7) is 0. The van der Waals surface area contributed by atoms with Gasteiger partial charge in [-0.3, -0.25) is 4.79 Å². The van der Waals surface area contributed by atoms with E-state index in [0.29, 0.717) is 0 Å². The van der Waals surface area contributed by atoms with Gasteiger partial charge in [0.25, 0.3) is 0 Å². The Bertz CT molecular complexity index is 697. The van der Waals surface area contributed by atoms with Crippen molar-refractivity contribution in [1.29, 1.82) is 0 Å². The van der Waals surface area contributed by atoms with E-state index < -0.39 is 0 Å². The molecule has 0 fully saturated rings. The maximum atomic E-state index is 12.2. The Hall–Kier alpha value is -1.67. The molecule has 0 unspecified atom stereocenters. The molecule has 0 N–H and O–H groups in total. The summed E-state index contributed by atoms with van der Waals surface area (Å²) in [7, 11) is 0. The van der Waals surface area contributed by atoms with Crippen molar-refractivity contribution < 1.29 is 0 Å². The second-order valence-electron chi connectivity index (χ2n) is 3.49. The number of hydrogen-bond donors (Lipinski definition) is 0. The van der Waals surface area contributed by atoms with Crippen LogP contribution in [0.3, 0.4) is 0 Å². The van der Waals surface area contributed by atoms with Crippen LogP contribution in [-0.4, -0.2) is 0 Å². The highest BCUT2D eigenvalue weighted by atomic mass is 32.1. The van der Waals surface area contributed by atoms with E-state index in [2.05, 4.69) is 0 Å². The molecule has 0 aliphatic heterocycles. The minimum atomic E-state index is 0.131. The Labute approximate surface area is 90.6 Å². The normalized spacial score (nSPS) is 10.9. The molecule has 2 heteroatoms. The van der Waals surface area contributed by atoms with Crippen molar-refractivity contribution in [1.82, 2.24) is 0 Å². The van der Waals surface area contributed by atoms with Crippen molar-refractivity contribution in [2.75, 3.05) is 0 Å². The molecule has 3 rings (SSSR count). The number of rotatable bonds is 0. The Morgan fingerprint density at radius 1 is 0.800 bits per heavy atom. The Balaban J connectivity index is 2.71. The molecule has 0 aliphatic carbocycles. The van der Waals surface area contributed by atoms with Crippen LogP contribution in [0.5, 0.6) is 0 Å². The highest BCUT2D eigenvalue weighted by Gasteiger charge is 2.01. The molecule has 1 aromatic heterocycles. The second kappa shape index (κ2) is 3.17. The summed E-state index contributed by atoms with van der Waals surface area (Å²) in [6.07, 6.45) is 0. The van der Waals surface area contributed by atoms with Gasteiger partial charge in [-0.1, -0.05) is 36.4 Å². The second-order valence-corrected chi connectivity index (χ2v) is 4.23. The standard InChI is InChI=1S/C13H8OS/c14-13-11-4-2-1-3-9(11)5-6-10-7-15-8-12(10)13/h1-8H. The van der Waals surface area contributed by atoms with Crippen LogP contribution in [0.25, 0.3) is 21.5 Å². The van der Waals surface area contributed by atoms with Crippen LogP contribution in [0.1, 0.15) is 0 Å². The van der Waals surface area contributed by atoms with E-state index in [4.69, 9.17) is 0 Å². The molecule has 15 heavy (non-hydrogen) atoms. The van der Waals surface area contributed by atoms with Gasteiger partial charge < -0.3 is 0 Å². The number of thiophene rings is 1. The molecule has 0 radical (unpaired) electrons. The third-order valence-corrected chi connectivity index (χ3v) is 3.35. The first-order chi connectivity index (χ1) is 7.36. The van der Waals surface area contributed by atoms with Crippen molar-refractivity contribution in [2.45, 2.75) is 0 Å². The highest BCUT2D eigenvalue weighted by Crippen LogP contribution is 2.18. The zero-order valence-corrected chi connectivity index (χ0v) is 8.75. The summed E-state index contributed by atoms with van der Waals surface area (Å²) in [4.78, 5) is 12.2. The minimum Gasteiger partial charge on any atom is -0.289 e. The van der Waals surface area contributed by atoms with Gasteiger partial charge in [0.1, 0.15) is 0 Å². The molecule has 3 aromatic rings. The molecule has 0 bridgehead atoms. The van der Waals surface area contributed by atoms with Gasteiger partial charge in [-0.2, -0.15) is 11.3 Å². The van der Waals surface area contributed by atoms with E-state index in [9.17, 15) is 4.79 Å². The smallest absolute Gasteiger partial charge is 0.195 e. The molecule has 1 heterocycles. The zero-order chi connectivity index (χ0) is 10.3. The highest BCUT2D eigenvalue weighted by molar-refractivity contribution is 7.09. The van der Waals surface area contributed by atoms with Gasteiger partial charge in [0, 0.05) is 16.2 Å². The molecule has 1 nitrogen and oxygen atoms in total. The van der Waals surface area contributed by atoms with Gasteiger partial charge in [0.05, 0.1) is 0 Å². The van der Waals surface area contributed by atoms with E-state index in [1.54, 1.807) is 11.3 Å². The van der Waals surface area contributed by atoms with Gasteiger partial charge in [0.2, 0.25) is 0 Å². The lowest BCUT2D eigenvalue weighted by Crippen LogP contribution is -1.95. The average molecular weight is 212 g/mol. The van der Waals surface area contributed by atoms with E-state index in [1.165, 1.54) is 0 Å². The monoisotopic (exact) mass is 212 g/mol. The van der Waals surface area contributed by atoms with Crippen molar-refractivity contribution in [3.05, 3.63) is 57.4 Å². The van der Waals surface area contributed by atoms with Crippen LogP contribution in [0.2, 0.25) is 0 Å². The Morgan fingerprint density at radius 2 is 1.60 bits per heavy atom. The number of hydrogen-bond acceptors (Lipinski definition) is 2. The summed E-state index contributed by atoms with van der Waals surface area (Å²) < 4.78 is 0. The number of fused-ring (bicyclic) bond motifs is 2. The van der Waals surface area contributed by atoms with Crippen molar-refractivity contribution in [3.8, 4) is 0 Å². The summed E-state index contributed by atoms with van der Waals surface area (Å²) in [6, 6.07) is 11.7. The van der Waals surface area contributed by atoms with Gasteiger partial charge >= 0.3 is 0 Å².